The number of ether oxygens (including phenoxy) is 3. The number of pyridine rings is 2. The highest BCUT2D eigenvalue weighted by molar-refractivity contribution is 6.41. The number of benzene rings is 2. The quantitative estimate of drug-likeness (QED) is 0.251. The molecular weight excluding hydrogens is 565 g/mol. The van der Waals surface area contributed by atoms with E-state index >= 15 is 0 Å². The van der Waals surface area contributed by atoms with Crippen LogP contribution in [0, 0.1) is 0 Å². The number of anilines is 1. The number of hydrogen-bond donors (Lipinski definition) is 1. The zero-order valence-electron chi connectivity index (χ0n) is 23.1. The van der Waals surface area contributed by atoms with E-state index in [1.54, 1.807) is 42.7 Å². The predicted octanol–water partition coefficient (Wildman–Crippen LogP) is 6.37. The summed E-state index contributed by atoms with van der Waals surface area (Å²) in [6.45, 7) is 8.32. The lowest BCUT2D eigenvalue weighted by atomic mass is 9.99. The highest BCUT2D eigenvalue weighted by Gasteiger charge is 2.22. The van der Waals surface area contributed by atoms with Crippen molar-refractivity contribution in [2.24, 2.45) is 0 Å². The van der Waals surface area contributed by atoms with Crippen molar-refractivity contribution in [3.05, 3.63) is 70.5 Å². The monoisotopic (exact) mass is 595 g/mol. The minimum absolute atomic E-state index is 0.270. The van der Waals surface area contributed by atoms with Gasteiger partial charge in [0.1, 0.15) is 22.8 Å². The fourth-order valence-corrected chi connectivity index (χ4v) is 5.62. The summed E-state index contributed by atoms with van der Waals surface area (Å²) in [4.78, 5) is 26.6. The van der Waals surface area contributed by atoms with Crippen LogP contribution in [0.25, 0.3) is 22.0 Å². The number of aromatic nitrogens is 2. The van der Waals surface area contributed by atoms with Gasteiger partial charge in [-0.2, -0.15) is 0 Å². The maximum Gasteiger partial charge on any atom is 0.418 e. The molecule has 41 heavy (non-hydrogen) atoms. The number of likely N-dealkylation sites (N-methyl/N-ethyl adjacent to an activating group) is 1. The molecule has 0 spiro atoms. The van der Waals surface area contributed by atoms with E-state index in [0.29, 0.717) is 49.4 Å². The van der Waals surface area contributed by atoms with E-state index in [1.165, 1.54) is 14.2 Å². The van der Waals surface area contributed by atoms with Gasteiger partial charge in [0, 0.05) is 62.1 Å². The molecule has 0 atom stereocenters. The van der Waals surface area contributed by atoms with Crippen LogP contribution in [0.3, 0.4) is 0 Å². The zero-order valence-corrected chi connectivity index (χ0v) is 24.6. The normalized spacial score (nSPS) is 14.2. The topological polar surface area (TPSA) is 89.1 Å². The minimum Gasteiger partial charge on any atom is -0.495 e. The molecule has 0 radical (unpaired) electrons. The first-order valence-corrected chi connectivity index (χ1v) is 14.0. The second-order valence-electron chi connectivity index (χ2n) is 9.57. The van der Waals surface area contributed by atoms with E-state index in [2.05, 4.69) is 32.0 Å². The molecule has 1 amide bonds. The molecule has 2 aromatic carbocycles. The van der Waals surface area contributed by atoms with Gasteiger partial charge in [-0.05, 0) is 41.9 Å². The van der Waals surface area contributed by atoms with Crippen molar-refractivity contribution in [2.45, 2.75) is 13.5 Å². The molecular formula is C30H31Cl2N5O4. The summed E-state index contributed by atoms with van der Waals surface area (Å²) in [7, 11) is 3.04. The fraction of sp³-hybridized carbons (Fsp3) is 0.300. The Morgan fingerprint density at radius 2 is 1.63 bits per heavy atom. The minimum atomic E-state index is -0.681. The van der Waals surface area contributed by atoms with Crippen molar-refractivity contribution in [3.63, 3.8) is 0 Å². The number of carbonyl (C=O) groups excluding carboxylic acids is 1. The van der Waals surface area contributed by atoms with Gasteiger partial charge in [-0.3, -0.25) is 15.2 Å². The molecule has 1 N–H and O–H groups in total. The van der Waals surface area contributed by atoms with Crippen LogP contribution in [0.4, 0.5) is 10.6 Å². The molecule has 2 aromatic heterocycles. The SMILES string of the molecule is CCN1CCN(Cc2ccc(NC(=O)Oc3ccc(-c4c(Cl)c(OC)cc(OC)c4Cl)c4cccnc34)nc2)CC1. The number of fused-ring (bicyclic) bond motifs is 1. The summed E-state index contributed by atoms with van der Waals surface area (Å²) < 4.78 is 16.5. The molecule has 1 saturated heterocycles. The van der Waals surface area contributed by atoms with Gasteiger partial charge in [0.15, 0.2) is 5.75 Å². The number of halogens is 2. The van der Waals surface area contributed by atoms with Gasteiger partial charge in [-0.15, -0.1) is 0 Å². The van der Waals surface area contributed by atoms with Gasteiger partial charge in [-0.1, -0.05) is 42.3 Å². The molecule has 11 heteroatoms. The number of hydrogen-bond acceptors (Lipinski definition) is 8. The molecule has 0 aliphatic carbocycles. The number of rotatable bonds is 8. The first-order valence-electron chi connectivity index (χ1n) is 13.3. The fourth-order valence-electron chi connectivity index (χ4n) is 4.91. The van der Waals surface area contributed by atoms with Crippen LogP contribution >= 0.6 is 23.2 Å². The van der Waals surface area contributed by atoms with Crippen LogP contribution in [0.1, 0.15) is 12.5 Å². The lowest BCUT2D eigenvalue weighted by Gasteiger charge is -2.33. The zero-order chi connectivity index (χ0) is 28.9. The number of amides is 1. The van der Waals surface area contributed by atoms with E-state index in [4.69, 9.17) is 37.4 Å². The number of nitrogens with one attached hydrogen (secondary N) is 1. The summed E-state index contributed by atoms with van der Waals surface area (Å²) in [6.07, 6.45) is 2.72. The van der Waals surface area contributed by atoms with Crippen molar-refractivity contribution >= 4 is 46.0 Å². The Balaban J connectivity index is 1.33. The smallest absolute Gasteiger partial charge is 0.418 e. The molecule has 4 aromatic rings. The van der Waals surface area contributed by atoms with Crippen LogP contribution in [-0.4, -0.2) is 72.8 Å². The Kier molecular flexibility index (Phi) is 9.09. The average Bonchev–Trinajstić information content (AvgIpc) is 2.99. The largest absolute Gasteiger partial charge is 0.495 e. The second kappa shape index (κ2) is 12.9. The standard InChI is InChI=1S/C30H31Cl2N5O4/c1-4-36-12-14-37(15-13-36)18-19-7-10-25(34-17-19)35-30(38)41-22-9-8-20(21-6-5-11-33-29(21)22)26-27(31)23(39-2)16-24(40-3)28(26)32/h5-11,16-17H,4,12-15,18H2,1-3H3,(H,34,35,38). The lowest BCUT2D eigenvalue weighted by Crippen LogP contribution is -2.45. The van der Waals surface area contributed by atoms with Crippen LogP contribution in [0.15, 0.2) is 54.9 Å². The van der Waals surface area contributed by atoms with Gasteiger partial charge < -0.3 is 19.1 Å². The Bertz CT molecular complexity index is 1510. The highest BCUT2D eigenvalue weighted by Crippen LogP contribution is 2.48. The van der Waals surface area contributed by atoms with Crippen molar-refractivity contribution in [3.8, 4) is 28.4 Å². The Morgan fingerprint density at radius 1 is 0.927 bits per heavy atom. The first kappa shape index (κ1) is 28.9. The van der Waals surface area contributed by atoms with Gasteiger partial charge >= 0.3 is 6.09 Å². The molecule has 9 nitrogen and oxygen atoms in total. The van der Waals surface area contributed by atoms with Crippen molar-refractivity contribution in [1.29, 1.82) is 0 Å². The van der Waals surface area contributed by atoms with Crippen LogP contribution < -0.4 is 19.5 Å². The van der Waals surface area contributed by atoms with Crippen LogP contribution in [-0.2, 0) is 6.54 Å². The number of methoxy groups -OCH3 is 2. The number of carbonyl (C=O) groups is 1. The summed E-state index contributed by atoms with van der Waals surface area (Å²) >= 11 is 13.4. The predicted molar refractivity (Wildman–Crippen MR) is 162 cm³/mol. The van der Waals surface area contributed by atoms with E-state index < -0.39 is 6.09 Å². The molecule has 1 aliphatic rings. The third-order valence-corrected chi connectivity index (χ3v) is 7.90. The molecule has 1 aliphatic heterocycles. The summed E-state index contributed by atoms with van der Waals surface area (Å²) in [5.74, 6) is 1.49. The van der Waals surface area contributed by atoms with Gasteiger partial charge in [-0.25, -0.2) is 9.78 Å². The lowest BCUT2D eigenvalue weighted by molar-refractivity contribution is 0.132. The summed E-state index contributed by atoms with van der Waals surface area (Å²) in [6, 6.07) is 12.4. The van der Waals surface area contributed by atoms with Crippen LogP contribution in [0.5, 0.6) is 17.2 Å². The van der Waals surface area contributed by atoms with Crippen molar-refractivity contribution in [1.82, 2.24) is 19.8 Å². The van der Waals surface area contributed by atoms with E-state index in [9.17, 15) is 4.79 Å². The first-order chi connectivity index (χ1) is 19.9. The van der Waals surface area contributed by atoms with Gasteiger partial charge in [0.25, 0.3) is 0 Å². The van der Waals surface area contributed by atoms with Gasteiger partial charge in [0.2, 0.25) is 0 Å². The third kappa shape index (κ3) is 6.33. The Hall–Kier alpha value is -3.63. The van der Waals surface area contributed by atoms with Gasteiger partial charge in [0.05, 0.1) is 24.3 Å². The molecule has 0 unspecified atom stereocenters. The number of nitrogens with zero attached hydrogens (tertiary/aromatic N) is 4. The molecule has 3 heterocycles. The summed E-state index contributed by atoms with van der Waals surface area (Å²) in [5, 5.41) is 4.03. The maximum absolute atomic E-state index is 12.8. The average molecular weight is 597 g/mol. The van der Waals surface area contributed by atoms with E-state index in [-0.39, 0.29) is 5.75 Å². The van der Waals surface area contributed by atoms with Crippen LogP contribution in [0.2, 0.25) is 10.0 Å². The maximum atomic E-state index is 12.8. The Labute approximate surface area is 248 Å². The third-order valence-electron chi connectivity index (χ3n) is 7.15. The molecule has 0 bridgehead atoms. The number of piperazine rings is 1. The second-order valence-corrected chi connectivity index (χ2v) is 10.3. The molecule has 214 valence electrons. The van der Waals surface area contributed by atoms with Crippen molar-refractivity contribution in [2.75, 3.05) is 52.3 Å². The Morgan fingerprint density at radius 3 is 2.27 bits per heavy atom. The molecule has 5 rings (SSSR count). The van der Waals surface area contributed by atoms with E-state index in [1.807, 2.05) is 12.1 Å². The van der Waals surface area contributed by atoms with Crippen molar-refractivity contribution < 1.29 is 19.0 Å². The molecule has 0 saturated carbocycles. The summed E-state index contributed by atoms with van der Waals surface area (Å²) in [5.41, 5.74) is 2.75. The van der Waals surface area contributed by atoms with E-state index in [0.717, 1.165) is 44.8 Å². The molecule has 1 fully saturated rings. The highest BCUT2D eigenvalue weighted by atomic mass is 35.5.